The molecule has 1 saturated heterocycles. The minimum absolute atomic E-state index is 0.0164. The van der Waals surface area contributed by atoms with Crippen LogP contribution in [0.4, 0.5) is 17.1 Å². The number of benzene rings is 2. The summed E-state index contributed by atoms with van der Waals surface area (Å²) in [7, 11) is 2.74. The highest BCUT2D eigenvalue weighted by molar-refractivity contribution is 6.43. The van der Waals surface area contributed by atoms with E-state index in [1.54, 1.807) is 23.1 Å². The standard InChI is InChI=1S/C21H21N3O6/c1-29-17-12-15(9-10-16(17)24-11-3-4-18(24)25)23-20(27)19(26)22-14-7-5-13(6-8-14)21(28)30-2/h5-10,12H,3-4,11H2,1-2H3,(H,22,26)(H,23,27). The number of carbonyl (C=O) groups is 4. The second-order valence-corrected chi connectivity index (χ2v) is 6.51. The Bertz CT molecular complexity index is 987. The van der Waals surface area contributed by atoms with E-state index in [0.29, 0.717) is 41.3 Å². The summed E-state index contributed by atoms with van der Waals surface area (Å²) < 4.78 is 9.95. The molecule has 2 N–H and O–H groups in total. The molecule has 0 bridgehead atoms. The van der Waals surface area contributed by atoms with Crippen LogP contribution in [0.3, 0.4) is 0 Å². The fourth-order valence-corrected chi connectivity index (χ4v) is 3.06. The van der Waals surface area contributed by atoms with Gasteiger partial charge >= 0.3 is 17.8 Å². The van der Waals surface area contributed by atoms with E-state index in [9.17, 15) is 19.2 Å². The first-order valence-electron chi connectivity index (χ1n) is 9.22. The van der Waals surface area contributed by atoms with E-state index in [1.165, 1.54) is 38.5 Å². The van der Waals surface area contributed by atoms with Gasteiger partial charge in [0.15, 0.2) is 0 Å². The lowest BCUT2D eigenvalue weighted by Crippen LogP contribution is -2.29. The van der Waals surface area contributed by atoms with E-state index < -0.39 is 17.8 Å². The Morgan fingerprint density at radius 2 is 1.57 bits per heavy atom. The number of nitrogens with one attached hydrogen (secondary N) is 2. The van der Waals surface area contributed by atoms with Crippen molar-refractivity contribution in [3.8, 4) is 5.75 Å². The van der Waals surface area contributed by atoms with Gasteiger partial charge in [-0.2, -0.15) is 0 Å². The number of carbonyl (C=O) groups excluding carboxylic acids is 4. The van der Waals surface area contributed by atoms with Gasteiger partial charge in [0.1, 0.15) is 5.75 Å². The summed E-state index contributed by atoms with van der Waals surface area (Å²) in [5, 5.41) is 4.95. The zero-order valence-electron chi connectivity index (χ0n) is 16.6. The Morgan fingerprint density at radius 1 is 0.933 bits per heavy atom. The zero-order valence-corrected chi connectivity index (χ0v) is 16.6. The van der Waals surface area contributed by atoms with Gasteiger partial charge in [-0.1, -0.05) is 0 Å². The van der Waals surface area contributed by atoms with E-state index in [2.05, 4.69) is 15.4 Å². The average Bonchev–Trinajstić information content (AvgIpc) is 3.19. The monoisotopic (exact) mass is 411 g/mol. The molecule has 1 heterocycles. The van der Waals surface area contributed by atoms with E-state index in [0.717, 1.165) is 6.42 Å². The summed E-state index contributed by atoms with van der Waals surface area (Å²) in [6.45, 7) is 0.609. The molecule has 0 aromatic heterocycles. The van der Waals surface area contributed by atoms with Crippen molar-refractivity contribution >= 4 is 40.8 Å². The predicted molar refractivity (Wildman–Crippen MR) is 110 cm³/mol. The van der Waals surface area contributed by atoms with E-state index in [4.69, 9.17) is 4.74 Å². The minimum Gasteiger partial charge on any atom is -0.494 e. The molecule has 0 unspecified atom stereocenters. The zero-order chi connectivity index (χ0) is 21.7. The van der Waals surface area contributed by atoms with Crippen LogP contribution in [0.15, 0.2) is 42.5 Å². The SMILES string of the molecule is COC(=O)c1ccc(NC(=O)C(=O)Nc2ccc(N3CCCC3=O)c(OC)c2)cc1. The van der Waals surface area contributed by atoms with Gasteiger partial charge in [0, 0.05) is 30.4 Å². The highest BCUT2D eigenvalue weighted by Crippen LogP contribution is 2.33. The first kappa shape index (κ1) is 20.8. The third-order valence-electron chi connectivity index (χ3n) is 4.57. The van der Waals surface area contributed by atoms with Crippen molar-refractivity contribution in [3.05, 3.63) is 48.0 Å². The molecule has 0 radical (unpaired) electrons. The predicted octanol–water partition coefficient (Wildman–Crippen LogP) is 2.19. The number of anilines is 3. The molecular formula is C21H21N3O6. The molecule has 9 nitrogen and oxygen atoms in total. The van der Waals surface area contributed by atoms with Crippen LogP contribution in [0.5, 0.6) is 5.75 Å². The summed E-state index contributed by atoms with van der Waals surface area (Å²) in [6.07, 6.45) is 1.27. The Hall–Kier alpha value is -3.88. The van der Waals surface area contributed by atoms with Crippen molar-refractivity contribution in [3.63, 3.8) is 0 Å². The maximum absolute atomic E-state index is 12.2. The van der Waals surface area contributed by atoms with Crippen LogP contribution in [0.25, 0.3) is 0 Å². The molecular weight excluding hydrogens is 390 g/mol. The first-order chi connectivity index (χ1) is 14.4. The molecule has 1 aliphatic rings. The van der Waals surface area contributed by atoms with Gasteiger partial charge in [-0.25, -0.2) is 4.79 Å². The van der Waals surface area contributed by atoms with Crippen molar-refractivity contribution in [2.24, 2.45) is 0 Å². The lowest BCUT2D eigenvalue weighted by atomic mass is 10.2. The van der Waals surface area contributed by atoms with E-state index in [1.807, 2.05) is 0 Å². The Kier molecular flexibility index (Phi) is 6.31. The van der Waals surface area contributed by atoms with Crippen molar-refractivity contribution < 1.29 is 28.7 Å². The topological polar surface area (TPSA) is 114 Å². The fraction of sp³-hybridized carbons (Fsp3) is 0.238. The molecule has 2 aromatic carbocycles. The van der Waals surface area contributed by atoms with Crippen molar-refractivity contribution in [2.45, 2.75) is 12.8 Å². The number of rotatable bonds is 5. The second kappa shape index (κ2) is 9.08. The molecule has 30 heavy (non-hydrogen) atoms. The number of hydrogen-bond acceptors (Lipinski definition) is 6. The number of esters is 1. The highest BCUT2D eigenvalue weighted by atomic mass is 16.5. The summed E-state index contributed by atoms with van der Waals surface area (Å²) in [5.74, 6) is -1.82. The molecule has 9 heteroatoms. The Morgan fingerprint density at radius 3 is 2.13 bits per heavy atom. The molecule has 2 aromatic rings. The number of amides is 3. The lowest BCUT2D eigenvalue weighted by Gasteiger charge is -2.19. The van der Waals surface area contributed by atoms with Crippen LogP contribution >= 0.6 is 0 Å². The number of methoxy groups -OCH3 is 2. The lowest BCUT2D eigenvalue weighted by molar-refractivity contribution is -0.132. The van der Waals surface area contributed by atoms with Crippen molar-refractivity contribution in [1.29, 1.82) is 0 Å². The van der Waals surface area contributed by atoms with Crippen LogP contribution in [0.1, 0.15) is 23.2 Å². The molecule has 3 rings (SSSR count). The minimum atomic E-state index is -0.876. The smallest absolute Gasteiger partial charge is 0.337 e. The summed E-state index contributed by atoms with van der Waals surface area (Å²) in [5.41, 5.74) is 1.64. The van der Waals surface area contributed by atoms with Crippen molar-refractivity contribution in [2.75, 3.05) is 36.3 Å². The van der Waals surface area contributed by atoms with Crippen LogP contribution in [-0.2, 0) is 19.1 Å². The normalized spacial score (nSPS) is 13.0. The maximum atomic E-state index is 12.2. The quantitative estimate of drug-likeness (QED) is 0.576. The van der Waals surface area contributed by atoms with Gasteiger partial charge in [0.2, 0.25) is 5.91 Å². The van der Waals surface area contributed by atoms with E-state index in [-0.39, 0.29) is 5.91 Å². The third-order valence-corrected chi connectivity index (χ3v) is 4.57. The molecule has 156 valence electrons. The van der Waals surface area contributed by atoms with Gasteiger partial charge in [0.05, 0.1) is 25.5 Å². The first-order valence-corrected chi connectivity index (χ1v) is 9.22. The summed E-state index contributed by atoms with van der Waals surface area (Å²) in [6, 6.07) is 10.7. The molecule has 0 spiro atoms. The fourth-order valence-electron chi connectivity index (χ4n) is 3.06. The van der Waals surface area contributed by atoms with E-state index >= 15 is 0 Å². The maximum Gasteiger partial charge on any atom is 0.337 e. The van der Waals surface area contributed by atoms with Crippen LogP contribution in [0.2, 0.25) is 0 Å². The summed E-state index contributed by atoms with van der Waals surface area (Å²) in [4.78, 5) is 49.4. The van der Waals surface area contributed by atoms with Gasteiger partial charge in [-0.15, -0.1) is 0 Å². The Balaban J connectivity index is 1.65. The van der Waals surface area contributed by atoms with Gasteiger partial charge in [-0.3, -0.25) is 14.4 Å². The molecule has 0 aliphatic carbocycles. The molecule has 0 atom stereocenters. The summed E-state index contributed by atoms with van der Waals surface area (Å²) >= 11 is 0. The van der Waals surface area contributed by atoms with Crippen LogP contribution in [0, 0.1) is 0 Å². The van der Waals surface area contributed by atoms with Gasteiger partial charge in [0.25, 0.3) is 0 Å². The number of hydrogen-bond donors (Lipinski definition) is 2. The number of nitrogens with zero attached hydrogens (tertiary/aromatic N) is 1. The van der Waals surface area contributed by atoms with Crippen molar-refractivity contribution in [1.82, 2.24) is 0 Å². The second-order valence-electron chi connectivity index (χ2n) is 6.51. The third kappa shape index (κ3) is 4.57. The molecule has 1 fully saturated rings. The van der Waals surface area contributed by atoms with Crippen LogP contribution in [-0.4, -0.2) is 44.5 Å². The molecule has 0 saturated carbocycles. The number of ether oxygens (including phenoxy) is 2. The highest BCUT2D eigenvalue weighted by Gasteiger charge is 2.25. The largest absolute Gasteiger partial charge is 0.494 e. The van der Waals surface area contributed by atoms with Gasteiger partial charge < -0.3 is 25.0 Å². The molecule has 3 amide bonds. The molecule has 1 aliphatic heterocycles. The van der Waals surface area contributed by atoms with Crippen LogP contribution < -0.4 is 20.3 Å². The average molecular weight is 411 g/mol. The Labute approximate surface area is 172 Å². The van der Waals surface area contributed by atoms with Gasteiger partial charge in [-0.05, 0) is 42.8 Å².